The fraction of sp³-hybridized carbons (Fsp3) is 0.250. The van der Waals surface area contributed by atoms with Crippen molar-refractivity contribution >= 4 is 22.5 Å². The minimum atomic E-state index is -0.953. The number of pyridine rings is 1. The van der Waals surface area contributed by atoms with Crippen LogP contribution in [0, 0.1) is 13.8 Å². The van der Waals surface area contributed by atoms with E-state index in [1.165, 1.54) is 0 Å². The van der Waals surface area contributed by atoms with E-state index in [4.69, 9.17) is 5.11 Å². The van der Waals surface area contributed by atoms with Crippen molar-refractivity contribution in [2.75, 3.05) is 5.32 Å². The van der Waals surface area contributed by atoms with Crippen molar-refractivity contribution in [2.45, 2.75) is 20.4 Å². The lowest BCUT2D eigenvalue weighted by Crippen LogP contribution is -2.05. The minimum absolute atomic E-state index is 0.250. The van der Waals surface area contributed by atoms with E-state index < -0.39 is 5.97 Å². The number of nitrogens with one attached hydrogen (secondary N) is 1. The highest BCUT2D eigenvalue weighted by molar-refractivity contribution is 7.10. The first-order chi connectivity index (χ1) is 8.58. The number of carbonyl (C=O) groups is 1. The minimum Gasteiger partial charge on any atom is -0.478 e. The largest absolute Gasteiger partial charge is 0.478 e. The summed E-state index contributed by atoms with van der Waals surface area (Å²) in [7, 11) is 0. The molecule has 0 unspecified atom stereocenters. The van der Waals surface area contributed by atoms with Crippen LogP contribution in [0.2, 0.25) is 0 Å². The molecule has 5 nitrogen and oxygen atoms in total. The Labute approximate surface area is 109 Å². The molecule has 2 rings (SSSR count). The quantitative estimate of drug-likeness (QED) is 0.886. The smallest absolute Gasteiger partial charge is 0.340 e. The van der Waals surface area contributed by atoms with Gasteiger partial charge in [0.05, 0.1) is 5.69 Å². The van der Waals surface area contributed by atoms with Crippen LogP contribution in [0.3, 0.4) is 0 Å². The highest BCUT2D eigenvalue weighted by Crippen LogP contribution is 2.24. The van der Waals surface area contributed by atoms with E-state index in [-0.39, 0.29) is 5.56 Å². The zero-order chi connectivity index (χ0) is 13.1. The number of hydrogen-bond donors (Lipinski definition) is 2. The molecule has 0 radical (unpaired) electrons. The molecule has 0 saturated heterocycles. The van der Waals surface area contributed by atoms with Crippen molar-refractivity contribution in [3.63, 3.8) is 0 Å². The van der Waals surface area contributed by atoms with E-state index in [9.17, 15) is 4.79 Å². The number of nitrogens with zero attached hydrogens (tertiary/aromatic N) is 2. The summed E-state index contributed by atoms with van der Waals surface area (Å²) in [6.07, 6.45) is 1.77. The molecule has 0 aliphatic heterocycles. The van der Waals surface area contributed by atoms with Crippen LogP contribution < -0.4 is 5.32 Å². The van der Waals surface area contributed by atoms with Gasteiger partial charge in [-0.1, -0.05) is 6.07 Å². The van der Waals surface area contributed by atoms with Crippen LogP contribution in [0.5, 0.6) is 0 Å². The van der Waals surface area contributed by atoms with E-state index >= 15 is 0 Å². The van der Waals surface area contributed by atoms with Crippen molar-refractivity contribution in [2.24, 2.45) is 0 Å². The summed E-state index contributed by atoms with van der Waals surface area (Å²) in [6.45, 7) is 4.15. The van der Waals surface area contributed by atoms with Gasteiger partial charge in [0.25, 0.3) is 0 Å². The molecule has 0 atom stereocenters. The Kier molecular flexibility index (Phi) is 3.57. The molecule has 0 aliphatic rings. The Bertz CT molecular complexity index is 563. The third-order valence-electron chi connectivity index (χ3n) is 2.50. The Morgan fingerprint density at radius 2 is 2.22 bits per heavy atom. The second-order valence-corrected chi connectivity index (χ2v) is 4.71. The van der Waals surface area contributed by atoms with Gasteiger partial charge in [-0.25, -0.2) is 4.79 Å². The summed E-state index contributed by atoms with van der Waals surface area (Å²) in [5, 5.41) is 12.8. The second kappa shape index (κ2) is 5.14. The summed E-state index contributed by atoms with van der Waals surface area (Å²) in [4.78, 5) is 15.3. The topological polar surface area (TPSA) is 75.1 Å². The number of hydrogen-bond acceptors (Lipinski definition) is 5. The highest BCUT2D eigenvalue weighted by Gasteiger charge is 2.16. The van der Waals surface area contributed by atoms with Crippen LogP contribution in [0.15, 0.2) is 18.3 Å². The van der Waals surface area contributed by atoms with Crippen LogP contribution in [-0.2, 0) is 6.54 Å². The number of aryl methyl sites for hydroxylation is 2. The zero-order valence-corrected chi connectivity index (χ0v) is 10.9. The van der Waals surface area contributed by atoms with Crippen molar-refractivity contribution in [3.05, 3.63) is 40.8 Å². The fourth-order valence-electron chi connectivity index (χ4n) is 1.53. The molecular formula is C12H13N3O2S. The standard InChI is InChI=1S/C12H13N3O2S/c1-7-3-4-9(5-13-7)6-14-11-10(12(16)17)8(2)15-18-11/h3-5,14H,6H2,1-2H3,(H,16,17). The molecule has 18 heavy (non-hydrogen) atoms. The zero-order valence-electron chi connectivity index (χ0n) is 10.1. The Morgan fingerprint density at radius 3 is 2.83 bits per heavy atom. The number of anilines is 1. The van der Waals surface area contributed by atoms with Gasteiger partial charge >= 0.3 is 5.97 Å². The number of aromatic carboxylic acids is 1. The maximum absolute atomic E-state index is 11.1. The van der Waals surface area contributed by atoms with Crippen LogP contribution in [-0.4, -0.2) is 20.4 Å². The van der Waals surface area contributed by atoms with Gasteiger partial charge in [0.1, 0.15) is 10.6 Å². The molecule has 2 N–H and O–H groups in total. The molecular weight excluding hydrogens is 250 g/mol. The van der Waals surface area contributed by atoms with Gasteiger partial charge in [-0.05, 0) is 37.0 Å². The van der Waals surface area contributed by atoms with Crippen molar-refractivity contribution in [3.8, 4) is 0 Å². The molecule has 0 aromatic carbocycles. The Hall–Kier alpha value is -1.95. The molecule has 0 amide bonds. The molecule has 94 valence electrons. The summed E-state index contributed by atoms with van der Waals surface area (Å²) < 4.78 is 4.05. The third kappa shape index (κ3) is 2.65. The van der Waals surface area contributed by atoms with Gasteiger partial charge in [-0.3, -0.25) is 4.98 Å². The first-order valence-electron chi connectivity index (χ1n) is 5.43. The van der Waals surface area contributed by atoms with Gasteiger partial charge in [-0.2, -0.15) is 4.37 Å². The first kappa shape index (κ1) is 12.5. The number of aromatic nitrogens is 2. The average molecular weight is 263 g/mol. The lowest BCUT2D eigenvalue weighted by Gasteiger charge is -2.05. The van der Waals surface area contributed by atoms with Crippen molar-refractivity contribution in [1.82, 2.24) is 9.36 Å². The fourth-order valence-corrected chi connectivity index (χ4v) is 2.31. The Morgan fingerprint density at radius 1 is 1.44 bits per heavy atom. The molecule has 2 aromatic rings. The maximum atomic E-state index is 11.1. The number of rotatable bonds is 4. The lowest BCUT2D eigenvalue weighted by atomic mass is 10.2. The lowest BCUT2D eigenvalue weighted by molar-refractivity contribution is 0.0697. The van der Waals surface area contributed by atoms with E-state index in [0.29, 0.717) is 17.2 Å². The molecule has 0 fully saturated rings. The van der Waals surface area contributed by atoms with Gasteiger partial charge in [-0.15, -0.1) is 0 Å². The molecule has 6 heteroatoms. The summed E-state index contributed by atoms with van der Waals surface area (Å²) >= 11 is 1.16. The predicted octanol–water partition coefficient (Wildman–Crippen LogP) is 2.47. The van der Waals surface area contributed by atoms with Crippen LogP contribution in [0.1, 0.15) is 27.3 Å². The van der Waals surface area contributed by atoms with Gasteiger partial charge in [0.2, 0.25) is 0 Å². The second-order valence-electron chi connectivity index (χ2n) is 3.94. The van der Waals surface area contributed by atoms with Crippen molar-refractivity contribution in [1.29, 1.82) is 0 Å². The maximum Gasteiger partial charge on any atom is 0.340 e. The summed E-state index contributed by atoms with van der Waals surface area (Å²) in [5.41, 5.74) is 2.75. The normalized spacial score (nSPS) is 10.3. The van der Waals surface area contributed by atoms with E-state index in [2.05, 4.69) is 14.7 Å². The Balaban J connectivity index is 2.11. The predicted molar refractivity (Wildman–Crippen MR) is 70.1 cm³/mol. The summed E-state index contributed by atoms with van der Waals surface area (Å²) in [6, 6.07) is 3.89. The SMILES string of the molecule is Cc1ccc(CNc2snc(C)c2C(=O)O)cn1. The molecule has 0 spiro atoms. The molecule has 0 bridgehead atoms. The van der Waals surface area contributed by atoms with Crippen LogP contribution in [0.4, 0.5) is 5.00 Å². The summed E-state index contributed by atoms with van der Waals surface area (Å²) in [5.74, 6) is -0.953. The van der Waals surface area contributed by atoms with E-state index in [1.54, 1.807) is 13.1 Å². The van der Waals surface area contributed by atoms with Crippen LogP contribution in [0.25, 0.3) is 0 Å². The monoisotopic (exact) mass is 263 g/mol. The third-order valence-corrected chi connectivity index (χ3v) is 3.40. The molecule has 0 saturated carbocycles. The molecule has 2 aromatic heterocycles. The van der Waals surface area contributed by atoms with Crippen LogP contribution >= 0.6 is 11.5 Å². The van der Waals surface area contributed by atoms with Gasteiger partial charge in [0.15, 0.2) is 0 Å². The number of carboxylic acids is 1. The van der Waals surface area contributed by atoms with E-state index in [0.717, 1.165) is 22.8 Å². The first-order valence-corrected chi connectivity index (χ1v) is 6.20. The van der Waals surface area contributed by atoms with Gasteiger partial charge < -0.3 is 10.4 Å². The molecule has 0 aliphatic carbocycles. The highest BCUT2D eigenvalue weighted by atomic mass is 32.1. The van der Waals surface area contributed by atoms with Crippen molar-refractivity contribution < 1.29 is 9.90 Å². The average Bonchev–Trinajstić information content (AvgIpc) is 2.70. The molecule has 2 heterocycles. The van der Waals surface area contributed by atoms with E-state index in [1.807, 2.05) is 19.1 Å². The number of carboxylic acid groups (broad SMARTS) is 1. The van der Waals surface area contributed by atoms with Gasteiger partial charge in [0, 0.05) is 18.4 Å².